The molecular weight excluding hydrogens is 482 g/mol. The maximum atomic E-state index is 13.2. The maximum absolute atomic E-state index is 13.2. The monoisotopic (exact) mass is 517 g/mol. The number of carbonyl (C=O) groups excluding carboxylic acids is 2. The van der Waals surface area contributed by atoms with Crippen molar-refractivity contribution in [3.8, 4) is 11.5 Å². The number of morpholine rings is 1. The molecule has 0 spiro atoms. The number of benzene rings is 3. The highest BCUT2D eigenvalue weighted by Crippen LogP contribution is 2.31. The van der Waals surface area contributed by atoms with Crippen LogP contribution in [0.25, 0.3) is 0 Å². The van der Waals surface area contributed by atoms with Crippen LogP contribution in [0.3, 0.4) is 0 Å². The molecule has 0 aromatic heterocycles. The summed E-state index contributed by atoms with van der Waals surface area (Å²) in [4.78, 5) is 28.4. The van der Waals surface area contributed by atoms with Crippen LogP contribution in [-0.2, 0) is 4.74 Å². The Morgan fingerprint density at radius 1 is 0.789 bits per heavy atom. The average Bonchev–Trinajstić information content (AvgIpc) is 2.96. The van der Waals surface area contributed by atoms with Gasteiger partial charge in [0.25, 0.3) is 11.8 Å². The molecule has 8 nitrogen and oxygen atoms in total. The van der Waals surface area contributed by atoms with Crippen LogP contribution in [0, 0.1) is 0 Å². The number of amides is 2. The number of nitrogens with one attached hydrogen (secondary N) is 2. The lowest BCUT2D eigenvalue weighted by atomic mass is 10.1. The second-order valence-electron chi connectivity index (χ2n) is 8.99. The van der Waals surface area contributed by atoms with Crippen LogP contribution in [-0.4, -0.2) is 51.3 Å². The third kappa shape index (κ3) is 7.26. The first kappa shape index (κ1) is 27.0. The van der Waals surface area contributed by atoms with Crippen molar-refractivity contribution in [1.29, 1.82) is 0 Å². The lowest BCUT2D eigenvalue weighted by molar-refractivity contribution is 0.101. The lowest BCUT2D eigenvalue weighted by Gasteiger charge is -2.31. The molecule has 0 saturated carbocycles. The Morgan fingerprint density at radius 2 is 1.37 bits per heavy atom. The van der Waals surface area contributed by atoms with Gasteiger partial charge in [-0.15, -0.1) is 0 Å². The highest BCUT2D eigenvalue weighted by atomic mass is 16.5. The minimum absolute atomic E-state index is 0.259. The normalized spacial score (nSPS) is 13.1. The Bertz CT molecular complexity index is 1240. The summed E-state index contributed by atoms with van der Waals surface area (Å²) in [6.07, 6.45) is 1.77. The van der Waals surface area contributed by atoms with Crippen LogP contribution in [0.4, 0.5) is 17.1 Å². The molecule has 0 unspecified atom stereocenters. The van der Waals surface area contributed by atoms with Gasteiger partial charge in [0.05, 0.1) is 37.8 Å². The van der Waals surface area contributed by atoms with E-state index in [0.717, 1.165) is 18.5 Å². The van der Waals surface area contributed by atoms with E-state index in [-0.39, 0.29) is 11.8 Å². The molecule has 0 aliphatic carbocycles. The molecule has 4 rings (SSSR count). The molecule has 200 valence electrons. The summed E-state index contributed by atoms with van der Waals surface area (Å²) < 4.78 is 16.9. The number of carbonyl (C=O) groups is 2. The zero-order valence-corrected chi connectivity index (χ0v) is 22.0. The predicted octanol–water partition coefficient (Wildman–Crippen LogP) is 5.61. The molecule has 1 saturated heterocycles. The smallest absolute Gasteiger partial charge is 0.255 e. The van der Waals surface area contributed by atoms with Gasteiger partial charge in [-0.05, 0) is 67.4 Å². The number of hydrogen-bond acceptors (Lipinski definition) is 6. The van der Waals surface area contributed by atoms with Crippen molar-refractivity contribution in [2.24, 2.45) is 0 Å². The molecule has 2 amide bonds. The summed E-state index contributed by atoms with van der Waals surface area (Å²) in [5.74, 6) is 0.786. The Kier molecular flexibility index (Phi) is 9.59. The number of anilines is 3. The Hall–Kier alpha value is -4.04. The molecular formula is C30H35N3O5. The van der Waals surface area contributed by atoms with Crippen LogP contribution in [0.5, 0.6) is 11.5 Å². The minimum Gasteiger partial charge on any atom is -0.494 e. The molecule has 0 atom stereocenters. The summed E-state index contributed by atoms with van der Waals surface area (Å²) in [5, 5.41) is 5.99. The number of rotatable bonds is 11. The quantitative estimate of drug-likeness (QED) is 0.344. The molecule has 3 aromatic rings. The second-order valence-corrected chi connectivity index (χ2v) is 8.99. The van der Waals surface area contributed by atoms with Gasteiger partial charge < -0.3 is 29.7 Å². The first-order valence-electron chi connectivity index (χ1n) is 13.1. The Labute approximate surface area is 223 Å². The zero-order valence-electron chi connectivity index (χ0n) is 22.0. The average molecular weight is 518 g/mol. The summed E-state index contributed by atoms with van der Waals surface area (Å²) >= 11 is 0. The highest BCUT2D eigenvalue weighted by molar-refractivity contribution is 6.08. The molecule has 2 N–H and O–H groups in total. The van der Waals surface area contributed by atoms with Crippen molar-refractivity contribution < 1.29 is 23.8 Å². The van der Waals surface area contributed by atoms with E-state index in [1.165, 1.54) is 0 Å². The highest BCUT2D eigenvalue weighted by Gasteiger charge is 2.18. The molecule has 1 fully saturated rings. The maximum Gasteiger partial charge on any atom is 0.255 e. The molecule has 1 heterocycles. The fourth-order valence-corrected chi connectivity index (χ4v) is 4.09. The standard InChI is InChI=1S/C30H35N3O5/c1-3-15-37-25-9-5-7-22(19-25)29(34)31-24-11-12-28(33-13-17-36-18-14-33)27(21-24)32-30(35)23-8-6-10-26(20-23)38-16-4-2/h5-12,19-21H,3-4,13-18H2,1-2H3,(H,31,34)(H,32,35). The van der Waals surface area contributed by atoms with Crippen LogP contribution >= 0.6 is 0 Å². The van der Waals surface area contributed by atoms with Gasteiger partial charge in [-0.2, -0.15) is 0 Å². The van der Waals surface area contributed by atoms with E-state index in [1.807, 2.05) is 38.1 Å². The molecule has 38 heavy (non-hydrogen) atoms. The number of hydrogen-bond donors (Lipinski definition) is 2. The third-order valence-corrected chi connectivity index (χ3v) is 5.99. The van der Waals surface area contributed by atoms with Crippen molar-refractivity contribution in [1.82, 2.24) is 0 Å². The van der Waals surface area contributed by atoms with E-state index in [1.54, 1.807) is 42.5 Å². The van der Waals surface area contributed by atoms with Gasteiger partial charge in [0.1, 0.15) is 11.5 Å². The van der Waals surface area contributed by atoms with Crippen LogP contribution < -0.4 is 25.0 Å². The SMILES string of the molecule is CCCOc1cccc(C(=O)Nc2ccc(N3CCOCC3)c(NC(=O)c3cccc(OCCC)c3)c2)c1. The summed E-state index contributed by atoms with van der Waals surface area (Å²) in [7, 11) is 0. The molecule has 1 aliphatic rings. The van der Waals surface area contributed by atoms with E-state index in [0.29, 0.717) is 73.5 Å². The number of ether oxygens (including phenoxy) is 3. The van der Waals surface area contributed by atoms with E-state index in [4.69, 9.17) is 14.2 Å². The summed E-state index contributed by atoms with van der Waals surface area (Å²) in [6, 6.07) is 19.8. The van der Waals surface area contributed by atoms with Crippen molar-refractivity contribution >= 4 is 28.9 Å². The minimum atomic E-state index is -0.260. The van der Waals surface area contributed by atoms with E-state index in [9.17, 15) is 9.59 Å². The van der Waals surface area contributed by atoms with E-state index >= 15 is 0 Å². The fraction of sp³-hybridized carbons (Fsp3) is 0.333. The van der Waals surface area contributed by atoms with Crippen molar-refractivity contribution in [2.45, 2.75) is 26.7 Å². The van der Waals surface area contributed by atoms with Gasteiger partial charge >= 0.3 is 0 Å². The van der Waals surface area contributed by atoms with Crippen LogP contribution in [0.1, 0.15) is 47.4 Å². The second kappa shape index (κ2) is 13.5. The van der Waals surface area contributed by atoms with Crippen molar-refractivity contribution in [3.63, 3.8) is 0 Å². The largest absolute Gasteiger partial charge is 0.494 e. The first-order chi connectivity index (χ1) is 18.6. The zero-order chi connectivity index (χ0) is 26.7. The molecule has 0 bridgehead atoms. The summed E-state index contributed by atoms with van der Waals surface area (Å²) in [5.41, 5.74) is 3.03. The van der Waals surface area contributed by atoms with Gasteiger partial charge in [0, 0.05) is 29.9 Å². The Balaban J connectivity index is 1.56. The molecule has 3 aromatic carbocycles. The van der Waals surface area contributed by atoms with Crippen LogP contribution in [0.15, 0.2) is 66.7 Å². The van der Waals surface area contributed by atoms with E-state index in [2.05, 4.69) is 15.5 Å². The third-order valence-electron chi connectivity index (χ3n) is 5.99. The van der Waals surface area contributed by atoms with Crippen LogP contribution in [0.2, 0.25) is 0 Å². The van der Waals surface area contributed by atoms with Gasteiger partial charge in [-0.1, -0.05) is 26.0 Å². The number of nitrogens with zero attached hydrogens (tertiary/aromatic N) is 1. The fourth-order valence-electron chi connectivity index (χ4n) is 4.09. The van der Waals surface area contributed by atoms with Gasteiger partial charge in [-0.25, -0.2) is 0 Å². The van der Waals surface area contributed by atoms with Gasteiger partial charge in [0.2, 0.25) is 0 Å². The van der Waals surface area contributed by atoms with Crippen molar-refractivity contribution in [3.05, 3.63) is 77.9 Å². The van der Waals surface area contributed by atoms with Gasteiger partial charge in [0.15, 0.2) is 0 Å². The predicted molar refractivity (Wildman–Crippen MR) is 150 cm³/mol. The molecule has 1 aliphatic heterocycles. The Morgan fingerprint density at radius 3 is 1.95 bits per heavy atom. The molecule has 0 radical (unpaired) electrons. The first-order valence-corrected chi connectivity index (χ1v) is 13.1. The summed E-state index contributed by atoms with van der Waals surface area (Å²) in [6.45, 7) is 7.88. The lowest BCUT2D eigenvalue weighted by Crippen LogP contribution is -2.36. The topological polar surface area (TPSA) is 89.1 Å². The van der Waals surface area contributed by atoms with Gasteiger partial charge in [-0.3, -0.25) is 9.59 Å². The van der Waals surface area contributed by atoms with E-state index < -0.39 is 0 Å². The molecule has 8 heteroatoms. The van der Waals surface area contributed by atoms with Crippen molar-refractivity contribution in [2.75, 3.05) is 55.1 Å².